The molecule has 0 saturated heterocycles. The molecular weight excluding hydrogens is 306 g/mol. The zero-order chi connectivity index (χ0) is 17.3. The van der Waals surface area contributed by atoms with E-state index < -0.39 is 12.0 Å². The first-order valence-electron chi connectivity index (χ1n) is 8.38. The maximum Gasteiger partial charge on any atom is 0.326 e. The third kappa shape index (κ3) is 2.96. The van der Waals surface area contributed by atoms with Gasteiger partial charge in [0.1, 0.15) is 6.04 Å². The van der Waals surface area contributed by atoms with Crippen molar-refractivity contribution in [3.63, 3.8) is 0 Å². The number of aromatic amines is 1. The van der Waals surface area contributed by atoms with Crippen molar-refractivity contribution in [2.75, 3.05) is 6.54 Å². The Morgan fingerprint density at radius 3 is 2.83 bits per heavy atom. The monoisotopic (exact) mass is 329 g/mol. The average molecular weight is 329 g/mol. The van der Waals surface area contributed by atoms with Gasteiger partial charge in [-0.15, -0.1) is 0 Å². The zero-order valence-corrected chi connectivity index (χ0v) is 14.0. The van der Waals surface area contributed by atoms with E-state index in [1.807, 2.05) is 32.0 Å². The molecule has 0 fully saturated rings. The van der Waals surface area contributed by atoms with E-state index in [2.05, 4.69) is 16.4 Å². The Balaban J connectivity index is 1.75. The highest BCUT2D eigenvalue weighted by molar-refractivity contribution is 5.86. The summed E-state index contributed by atoms with van der Waals surface area (Å²) in [6, 6.07) is 6.95. The molecule has 6 nitrogen and oxygen atoms in total. The molecule has 1 aliphatic rings. The number of carbonyl (C=O) groups excluding carboxylic acids is 1. The van der Waals surface area contributed by atoms with Crippen LogP contribution in [0, 0.1) is 5.92 Å². The molecule has 128 valence electrons. The Morgan fingerprint density at radius 1 is 1.38 bits per heavy atom. The molecule has 2 aromatic rings. The highest BCUT2D eigenvalue weighted by atomic mass is 16.4. The van der Waals surface area contributed by atoms with Crippen LogP contribution >= 0.6 is 0 Å². The van der Waals surface area contributed by atoms with E-state index >= 15 is 0 Å². The molecule has 0 unspecified atom stereocenters. The second-order valence-electron chi connectivity index (χ2n) is 6.45. The van der Waals surface area contributed by atoms with E-state index in [0.717, 1.165) is 17.6 Å². The molecule has 2 heterocycles. The number of aromatic nitrogens is 1. The molecule has 2 amide bonds. The lowest BCUT2D eigenvalue weighted by Gasteiger charge is -2.30. The maximum absolute atomic E-state index is 12.5. The number of carboxylic acid groups (broad SMARTS) is 1. The van der Waals surface area contributed by atoms with Crippen LogP contribution in [0.2, 0.25) is 0 Å². The summed E-state index contributed by atoms with van der Waals surface area (Å²) >= 11 is 0. The van der Waals surface area contributed by atoms with Gasteiger partial charge in [-0.05, 0) is 24.0 Å². The second-order valence-corrected chi connectivity index (χ2v) is 6.45. The topological polar surface area (TPSA) is 85.4 Å². The summed E-state index contributed by atoms with van der Waals surface area (Å²) in [7, 11) is 0. The number of nitrogens with zero attached hydrogens (tertiary/aromatic N) is 1. The minimum atomic E-state index is -0.985. The van der Waals surface area contributed by atoms with E-state index in [4.69, 9.17) is 0 Å². The van der Waals surface area contributed by atoms with Gasteiger partial charge in [0.2, 0.25) is 0 Å². The van der Waals surface area contributed by atoms with E-state index in [-0.39, 0.29) is 11.9 Å². The van der Waals surface area contributed by atoms with Crippen molar-refractivity contribution in [2.24, 2.45) is 5.92 Å². The van der Waals surface area contributed by atoms with Crippen LogP contribution in [-0.4, -0.2) is 39.6 Å². The predicted molar refractivity (Wildman–Crippen MR) is 91.8 cm³/mol. The van der Waals surface area contributed by atoms with Gasteiger partial charge in [-0.25, -0.2) is 9.59 Å². The number of urea groups is 1. The number of H-pyrrole nitrogens is 1. The molecule has 3 N–H and O–H groups in total. The number of carboxylic acids is 1. The third-order valence-corrected chi connectivity index (χ3v) is 4.93. The van der Waals surface area contributed by atoms with Crippen LogP contribution in [-0.2, 0) is 17.8 Å². The lowest BCUT2D eigenvalue weighted by molar-refractivity contribution is -0.140. The predicted octanol–water partition coefficient (Wildman–Crippen LogP) is 2.73. The van der Waals surface area contributed by atoms with Crippen molar-refractivity contribution >= 4 is 22.9 Å². The van der Waals surface area contributed by atoms with Crippen LogP contribution in [0.1, 0.15) is 31.5 Å². The number of hydrogen-bond acceptors (Lipinski definition) is 2. The molecule has 0 saturated carbocycles. The van der Waals surface area contributed by atoms with Gasteiger partial charge in [0.15, 0.2) is 0 Å². The number of amides is 2. The number of aliphatic carboxylic acids is 1. The Labute approximate surface area is 140 Å². The average Bonchev–Trinajstić information content (AvgIpc) is 2.96. The van der Waals surface area contributed by atoms with Crippen molar-refractivity contribution in [3.8, 4) is 0 Å². The zero-order valence-electron chi connectivity index (χ0n) is 14.0. The summed E-state index contributed by atoms with van der Waals surface area (Å²) in [6.07, 6.45) is 1.47. The summed E-state index contributed by atoms with van der Waals surface area (Å²) in [4.78, 5) is 28.9. The van der Waals surface area contributed by atoms with Gasteiger partial charge in [0.05, 0.1) is 6.54 Å². The third-order valence-electron chi connectivity index (χ3n) is 4.93. The number of para-hydroxylation sites is 1. The van der Waals surface area contributed by atoms with E-state index in [1.165, 1.54) is 10.9 Å². The van der Waals surface area contributed by atoms with Gasteiger partial charge in [-0.2, -0.15) is 0 Å². The Hall–Kier alpha value is -2.50. The minimum absolute atomic E-state index is 0.111. The fraction of sp³-hybridized carbons (Fsp3) is 0.444. The first kappa shape index (κ1) is 16.4. The van der Waals surface area contributed by atoms with E-state index in [0.29, 0.717) is 19.5 Å². The Bertz CT molecular complexity index is 768. The minimum Gasteiger partial charge on any atom is -0.480 e. The molecule has 2 atom stereocenters. The summed E-state index contributed by atoms with van der Waals surface area (Å²) in [5, 5.41) is 13.2. The van der Waals surface area contributed by atoms with Crippen molar-refractivity contribution in [1.82, 2.24) is 15.2 Å². The summed E-state index contributed by atoms with van der Waals surface area (Å²) in [5.74, 6) is -1.10. The van der Waals surface area contributed by atoms with Crippen LogP contribution in [0.3, 0.4) is 0 Å². The fourth-order valence-corrected chi connectivity index (χ4v) is 3.27. The molecule has 1 aromatic heterocycles. The molecule has 0 bridgehead atoms. The van der Waals surface area contributed by atoms with Crippen molar-refractivity contribution in [3.05, 3.63) is 35.5 Å². The van der Waals surface area contributed by atoms with Gasteiger partial charge in [-0.3, -0.25) is 0 Å². The second kappa shape index (κ2) is 6.55. The lowest BCUT2D eigenvalue weighted by atomic mass is 9.99. The quantitative estimate of drug-likeness (QED) is 0.806. The summed E-state index contributed by atoms with van der Waals surface area (Å²) in [6.45, 7) is 4.83. The van der Waals surface area contributed by atoms with Crippen molar-refractivity contribution in [1.29, 1.82) is 0 Å². The summed E-state index contributed by atoms with van der Waals surface area (Å²) in [5.41, 5.74) is 3.37. The highest BCUT2D eigenvalue weighted by Gasteiger charge is 2.29. The van der Waals surface area contributed by atoms with Crippen LogP contribution < -0.4 is 5.32 Å². The van der Waals surface area contributed by atoms with Gasteiger partial charge < -0.3 is 20.3 Å². The SMILES string of the molecule is CC[C@@H](C)[C@H](NC(=O)N1CCc2c([nH]c3ccccc23)C1)C(=O)O. The standard InChI is InChI=1S/C18H23N3O3/c1-3-11(2)16(17(22)23)20-18(24)21-9-8-13-12-6-4-5-7-14(12)19-15(13)10-21/h4-7,11,16,19H,3,8-10H2,1-2H3,(H,20,24)(H,22,23)/t11-,16+/m1/s1. The lowest BCUT2D eigenvalue weighted by Crippen LogP contribution is -2.51. The molecule has 1 aliphatic heterocycles. The Kier molecular flexibility index (Phi) is 4.46. The van der Waals surface area contributed by atoms with Crippen LogP contribution in [0.25, 0.3) is 10.9 Å². The molecule has 0 radical (unpaired) electrons. The maximum atomic E-state index is 12.5. The van der Waals surface area contributed by atoms with Gasteiger partial charge in [0, 0.05) is 23.1 Å². The van der Waals surface area contributed by atoms with Crippen molar-refractivity contribution < 1.29 is 14.7 Å². The first-order valence-corrected chi connectivity index (χ1v) is 8.38. The normalized spacial score (nSPS) is 16.5. The molecular formula is C18H23N3O3. The number of rotatable bonds is 4. The van der Waals surface area contributed by atoms with E-state index in [9.17, 15) is 14.7 Å². The number of nitrogens with one attached hydrogen (secondary N) is 2. The van der Waals surface area contributed by atoms with E-state index in [1.54, 1.807) is 4.90 Å². The number of benzene rings is 1. The number of carbonyl (C=O) groups is 2. The Morgan fingerprint density at radius 2 is 2.12 bits per heavy atom. The van der Waals surface area contributed by atoms with Gasteiger partial charge in [0.25, 0.3) is 0 Å². The molecule has 6 heteroatoms. The molecule has 24 heavy (non-hydrogen) atoms. The smallest absolute Gasteiger partial charge is 0.326 e. The van der Waals surface area contributed by atoms with Gasteiger partial charge in [-0.1, -0.05) is 38.5 Å². The molecule has 0 aliphatic carbocycles. The number of fused-ring (bicyclic) bond motifs is 3. The van der Waals surface area contributed by atoms with Crippen LogP contribution in [0.5, 0.6) is 0 Å². The molecule has 3 rings (SSSR count). The summed E-state index contributed by atoms with van der Waals surface area (Å²) < 4.78 is 0. The molecule has 0 spiro atoms. The van der Waals surface area contributed by atoms with Crippen LogP contribution in [0.15, 0.2) is 24.3 Å². The number of hydrogen-bond donors (Lipinski definition) is 3. The van der Waals surface area contributed by atoms with Crippen molar-refractivity contribution in [2.45, 2.75) is 39.3 Å². The fourth-order valence-electron chi connectivity index (χ4n) is 3.27. The highest BCUT2D eigenvalue weighted by Crippen LogP contribution is 2.27. The van der Waals surface area contributed by atoms with Gasteiger partial charge >= 0.3 is 12.0 Å². The van der Waals surface area contributed by atoms with Crippen LogP contribution in [0.4, 0.5) is 4.79 Å². The molecule has 1 aromatic carbocycles. The largest absolute Gasteiger partial charge is 0.480 e. The first-order chi connectivity index (χ1) is 11.5.